The van der Waals surface area contributed by atoms with Gasteiger partial charge in [-0.05, 0) is 43.3 Å². The molecular weight excluding hydrogens is 416 g/mol. The van der Waals surface area contributed by atoms with Gasteiger partial charge in [0.1, 0.15) is 11.6 Å². The number of hydrogen-bond donors (Lipinski definition) is 1. The third kappa shape index (κ3) is 4.15. The van der Waals surface area contributed by atoms with Gasteiger partial charge < -0.3 is 5.32 Å². The van der Waals surface area contributed by atoms with Crippen LogP contribution in [-0.4, -0.2) is 30.7 Å². The van der Waals surface area contributed by atoms with Gasteiger partial charge in [0.25, 0.3) is 5.91 Å². The fraction of sp³-hybridized carbons (Fsp3) is 0.100. The Morgan fingerprint density at radius 2 is 1.77 bits per heavy atom. The van der Waals surface area contributed by atoms with E-state index in [0.717, 1.165) is 16.9 Å². The summed E-state index contributed by atoms with van der Waals surface area (Å²) in [6.07, 6.45) is -3.49. The van der Waals surface area contributed by atoms with E-state index >= 15 is 0 Å². The number of halogens is 4. The largest absolute Gasteiger partial charge is 0.418 e. The lowest BCUT2D eigenvalue weighted by atomic mass is 10.1. The normalized spacial score (nSPS) is 11.5. The summed E-state index contributed by atoms with van der Waals surface area (Å²) in [4.78, 5) is 12.6. The molecule has 0 bridgehead atoms. The van der Waals surface area contributed by atoms with Gasteiger partial charge in [-0.25, -0.2) is 13.8 Å². The number of alkyl halides is 3. The number of para-hydroxylation sites is 1. The molecule has 0 aliphatic carbocycles. The average molecular weight is 430 g/mol. The van der Waals surface area contributed by atoms with E-state index in [2.05, 4.69) is 20.7 Å². The summed E-state index contributed by atoms with van der Waals surface area (Å²) in [5, 5.41) is 14.2. The Morgan fingerprint density at radius 1 is 1.06 bits per heavy atom. The van der Waals surface area contributed by atoms with Crippen molar-refractivity contribution in [3.63, 3.8) is 0 Å². The molecule has 0 saturated carbocycles. The number of carbonyl (C=O) groups excluding carboxylic acids is 1. The molecular formula is C20H14F4N6O. The molecule has 4 rings (SSSR count). The van der Waals surface area contributed by atoms with Crippen LogP contribution in [-0.2, 0) is 6.18 Å². The molecule has 0 atom stereocenters. The molecule has 2 aromatic heterocycles. The zero-order chi connectivity index (χ0) is 22.2. The summed E-state index contributed by atoms with van der Waals surface area (Å²) >= 11 is 0. The van der Waals surface area contributed by atoms with Gasteiger partial charge in [-0.2, -0.15) is 18.3 Å². The van der Waals surface area contributed by atoms with Crippen LogP contribution in [0.15, 0.2) is 60.8 Å². The maximum atomic E-state index is 13.2. The van der Waals surface area contributed by atoms with Crippen molar-refractivity contribution < 1.29 is 22.4 Å². The summed E-state index contributed by atoms with van der Waals surface area (Å²) in [5.41, 5.74) is -0.262. The molecule has 1 N–H and O–H groups in total. The number of hydrogen-bond acceptors (Lipinski definition) is 4. The van der Waals surface area contributed by atoms with Crippen molar-refractivity contribution in [2.45, 2.75) is 13.1 Å². The molecule has 0 spiro atoms. The highest BCUT2D eigenvalue weighted by atomic mass is 19.4. The molecule has 158 valence electrons. The smallest absolute Gasteiger partial charge is 0.305 e. The number of nitrogens with zero attached hydrogens (tertiary/aromatic N) is 5. The highest BCUT2D eigenvalue weighted by Crippen LogP contribution is 2.33. The molecule has 0 saturated heterocycles. The molecule has 7 nitrogen and oxygen atoms in total. The maximum Gasteiger partial charge on any atom is 0.418 e. The van der Waals surface area contributed by atoms with Crippen LogP contribution >= 0.6 is 0 Å². The molecule has 2 heterocycles. The van der Waals surface area contributed by atoms with Gasteiger partial charge in [-0.1, -0.05) is 17.3 Å². The van der Waals surface area contributed by atoms with E-state index in [-0.39, 0.29) is 17.2 Å². The summed E-state index contributed by atoms with van der Waals surface area (Å²) in [5.74, 6) is -0.840. The summed E-state index contributed by atoms with van der Waals surface area (Å²) in [6, 6.07) is 11.9. The number of aryl methyl sites for hydroxylation is 1. The van der Waals surface area contributed by atoms with Crippen LogP contribution in [0.3, 0.4) is 0 Å². The molecule has 11 heteroatoms. The van der Waals surface area contributed by atoms with Gasteiger partial charge in [-0.15, -0.1) is 5.10 Å². The van der Waals surface area contributed by atoms with Crippen molar-refractivity contribution in [1.29, 1.82) is 0 Å². The second-order valence-corrected chi connectivity index (χ2v) is 6.58. The lowest BCUT2D eigenvalue weighted by molar-refractivity contribution is -0.137. The first-order chi connectivity index (χ1) is 14.7. The van der Waals surface area contributed by atoms with Crippen LogP contribution in [0.25, 0.3) is 11.4 Å². The molecule has 0 aliphatic rings. The first-order valence-electron chi connectivity index (χ1n) is 8.95. The van der Waals surface area contributed by atoms with E-state index in [0.29, 0.717) is 11.4 Å². The van der Waals surface area contributed by atoms with Crippen LogP contribution in [0.2, 0.25) is 0 Å². The average Bonchev–Trinajstić information content (AvgIpc) is 3.35. The molecule has 2 aromatic carbocycles. The van der Waals surface area contributed by atoms with E-state index in [1.54, 1.807) is 13.0 Å². The summed E-state index contributed by atoms with van der Waals surface area (Å²) in [7, 11) is 0. The minimum absolute atomic E-state index is 0.193. The van der Waals surface area contributed by atoms with Gasteiger partial charge in [0.2, 0.25) is 0 Å². The van der Waals surface area contributed by atoms with E-state index in [4.69, 9.17) is 0 Å². The van der Waals surface area contributed by atoms with Gasteiger partial charge >= 0.3 is 6.18 Å². The Kier molecular flexibility index (Phi) is 5.01. The third-order valence-electron chi connectivity index (χ3n) is 4.33. The predicted molar refractivity (Wildman–Crippen MR) is 103 cm³/mol. The maximum absolute atomic E-state index is 13.2. The van der Waals surface area contributed by atoms with E-state index < -0.39 is 23.5 Å². The third-order valence-corrected chi connectivity index (χ3v) is 4.33. The fourth-order valence-corrected chi connectivity index (χ4v) is 2.95. The van der Waals surface area contributed by atoms with E-state index in [1.807, 2.05) is 0 Å². The Morgan fingerprint density at radius 3 is 2.48 bits per heavy atom. The van der Waals surface area contributed by atoms with Crippen molar-refractivity contribution in [2.24, 2.45) is 0 Å². The Balaban J connectivity index is 1.61. The van der Waals surface area contributed by atoms with Crippen molar-refractivity contribution in [2.75, 3.05) is 5.32 Å². The van der Waals surface area contributed by atoms with Gasteiger partial charge in [0.15, 0.2) is 5.69 Å². The predicted octanol–water partition coefficient (Wildman–Crippen LogP) is 4.17. The molecule has 4 aromatic rings. The minimum atomic E-state index is -4.59. The van der Waals surface area contributed by atoms with E-state index in [1.165, 1.54) is 47.1 Å². The number of carbonyl (C=O) groups is 1. The monoisotopic (exact) mass is 430 g/mol. The highest BCUT2D eigenvalue weighted by Gasteiger charge is 2.34. The van der Waals surface area contributed by atoms with Crippen molar-refractivity contribution in [1.82, 2.24) is 24.8 Å². The Labute approximate surface area is 172 Å². The summed E-state index contributed by atoms with van der Waals surface area (Å²) in [6.45, 7) is 1.71. The summed E-state index contributed by atoms with van der Waals surface area (Å²) < 4.78 is 55.2. The molecule has 0 aliphatic heterocycles. The quantitative estimate of drug-likeness (QED) is 0.493. The number of benzene rings is 2. The fourth-order valence-electron chi connectivity index (χ4n) is 2.95. The second-order valence-electron chi connectivity index (χ2n) is 6.58. The Hall–Kier alpha value is -4.02. The van der Waals surface area contributed by atoms with Crippen LogP contribution < -0.4 is 5.32 Å². The zero-order valence-corrected chi connectivity index (χ0v) is 15.9. The number of anilines is 1. The van der Waals surface area contributed by atoms with Crippen LogP contribution in [0, 0.1) is 12.7 Å². The number of aromatic nitrogens is 5. The molecule has 31 heavy (non-hydrogen) atoms. The lowest BCUT2D eigenvalue weighted by Crippen LogP contribution is -2.15. The molecule has 0 fully saturated rings. The number of amides is 1. The van der Waals surface area contributed by atoms with Gasteiger partial charge in [-0.3, -0.25) is 4.79 Å². The lowest BCUT2D eigenvalue weighted by Gasteiger charge is -2.11. The van der Waals surface area contributed by atoms with Crippen molar-refractivity contribution in [3.8, 4) is 11.4 Å². The standard InChI is InChI=1S/C20H14F4N6O/c1-12-10-18(30(27-12)14-8-6-13(21)7-9-14)25-19(31)16-11-29(28-26-16)17-5-3-2-4-15(17)20(22,23)24/h2-11H,1H3,(H,25,31). The van der Waals surface area contributed by atoms with Gasteiger partial charge in [0, 0.05) is 6.07 Å². The topological polar surface area (TPSA) is 77.6 Å². The molecule has 0 unspecified atom stereocenters. The van der Waals surface area contributed by atoms with Crippen molar-refractivity contribution in [3.05, 3.63) is 83.6 Å². The van der Waals surface area contributed by atoms with Crippen LogP contribution in [0.1, 0.15) is 21.7 Å². The van der Waals surface area contributed by atoms with E-state index in [9.17, 15) is 22.4 Å². The minimum Gasteiger partial charge on any atom is -0.305 e. The van der Waals surface area contributed by atoms with Gasteiger partial charge in [0.05, 0.1) is 28.8 Å². The van der Waals surface area contributed by atoms with Crippen molar-refractivity contribution >= 4 is 11.7 Å². The zero-order valence-electron chi connectivity index (χ0n) is 15.9. The second kappa shape index (κ2) is 7.67. The first kappa shape index (κ1) is 20.3. The number of rotatable bonds is 4. The van der Waals surface area contributed by atoms with Crippen LogP contribution in [0.5, 0.6) is 0 Å². The molecule has 0 radical (unpaired) electrons. The number of nitrogens with one attached hydrogen (secondary N) is 1. The Bertz CT molecular complexity index is 1240. The molecule has 1 amide bonds. The van der Waals surface area contributed by atoms with Crippen LogP contribution in [0.4, 0.5) is 23.4 Å². The highest BCUT2D eigenvalue weighted by molar-refractivity contribution is 6.02. The SMILES string of the molecule is Cc1cc(NC(=O)c2cn(-c3ccccc3C(F)(F)F)nn2)n(-c2ccc(F)cc2)n1. The first-order valence-corrected chi connectivity index (χ1v) is 8.95.